The Morgan fingerprint density at radius 1 is 1.19 bits per heavy atom. The molecule has 1 N–H and O–H groups in total. The summed E-state index contributed by atoms with van der Waals surface area (Å²) in [5.41, 5.74) is 2.99. The second-order valence-corrected chi connectivity index (χ2v) is 5.79. The van der Waals surface area contributed by atoms with E-state index in [1.54, 1.807) is 11.7 Å². The van der Waals surface area contributed by atoms with Gasteiger partial charge in [0, 0.05) is 24.2 Å². The van der Waals surface area contributed by atoms with Gasteiger partial charge in [0.15, 0.2) is 17.5 Å². The van der Waals surface area contributed by atoms with Crippen LogP contribution in [0.25, 0.3) is 11.3 Å². The molecule has 3 heterocycles. The van der Waals surface area contributed by atoms with Crippen LogP contribution < -0.4 is 5.32 Å². The first-order valence-electron chi connectivity index (χ1n) is 7.01. The number of nitrogens with zero attached hydrogens (tertiary/aromatic N) is 2. The highest BCUT2D eigenvalue weighted by Gasteiger charge is 2.36. The number of rotatable bonds is 1. The van der Waals surface area contributed by atoms with Crippen molar-refractivity contribution in [2.45, 2.75) is 31.3 Å². The average molecular weight is 293 g/mol. The number of nitrogens with one attached hydrogen (secondary N) is 1. The first-order chi connectivity index (χ1) is 10.0. The second kappa shape index (κ2) is 4.34. The van der Waals surface area contributed by atoms with Gasteiger partial charge in [-0.15, -0.1) is 0 Å². The van der Waals surface area contributed by atoms with E-state index in [0.29, 0.717) is 17.3 Å². The summed E-state index contributed by atoms with van der Waals surface area (Å²) in [6, 6.07) is 2.69. The molecule has 2 aromatic rings. The zero-order chi connectivity index (χ0) is 14.7. The molecule has 110 valence electrons. The molecule has 1 aromatic heterocycles. The van der Waals surface area contributed by atoms with E-state index >= 15 is 0 Å². The Hall–Kier alpha value is -1.82. The Bertz CT molecular complexity index is 715. The molecule has 0 radical (unpaired) electrons. The Balaban J connectivity index is 1.90. The number of hydrogen-bond donors (Lipinski definition) is 1. The third kappa shape index (κ3) is 1.82. The first-order valence-corrected chi connectivity index (χ1v) is 7.01. The van der Waals surface area contributed by atoms with E-state index < -0.39 is 17.5 Å². The molecule has 3 nitrogen and oxygen atoms in total. The summed E-state index contributed by atoms with van der Waals surface area (Å²) in [7, 11) is 1.75. The van der Waals surface area contributed by atoms with Gasteiger partial charge in [0.2, 0.25) is 0 Å². The van der Waals surface area contributed by atoms with Crippen LogP contribution in [0, 0.1) is 17.5 Å². The third-order valence-corrected chi connectivity index (χ3v) is 4.45. The van der Waals surface area contributed by atoms with Crippen LogP contribution in [0.1, 0.15) is 30.1 Å². The van der Waals surface area contributed by atoms with E-state index in [1.807, 2.05) is 0 Å². The van der Waals surface area contributed by atoms with Crippen LogP contribution in [-0.4, -0.2) is 15.8 Å². The highest BCUT2D eigenvalue weighted by Crippen LogP contribution is 2.40. The van der Waals surface area contributed by atoms with Crippen LogP contribution in [-0.2, 0) is 13.5 Å². The molecular weight excluding hydrogens is 279 g/mol. The zero-order valence-electron chi connectivity index (χ0n) is 11.5. The summed E-state index contributed by atoms with van der Waals surface area (Å²) in [4.78, 5) is 0. The largest absolute Gasteiger partial charge is 0.305 e. The third-order valence-electron chi connectivity index (χ3n) is 4.45. The molecule has 1 aromatic carbocycles. The quantitative estimate of drug-likeness (QED) is 0.819. The van der Waals surface area contributed by atoms with Crippen LogP contribution in [0.15, 0.2) is 12.1 Å². The van der Waals surface area contributed by atoms with Crippen LogP contribution >= 0.6 is 0 Å². The Morgan fingerprint density at radius 3 is 2.62 bits per heavy atom. The van der Waals surface area contributed by atoms with Crippen molar-refractivity contribution in [3.05, 3.63) is 40.8 Å². The summed E-state index contributed by atoms with van der Waals surface area (Å²) in [5, 5.41) is 7.99. The van der Waals surface area contributed by atoms with Gasteiger partial charge in [0.1, 0.15) is 0 Å². The predicted molar refractivity (Wildman–Crippen MR) is 71.1 cm³/mol. The topological polar surface area (TPSA) is 29.9 Å². The molecule has 0 spiro atoms. The molecule has 2 atom stereocenters. The Kier molecular flexibility index (Phi) is 2.66. The number of aryl methyl sites for hydroxylation is 1. The van der Waals surface area contributed by atoms with Crippen LogP contribution in [0.5, 0.6) is 0 Å². The van der Waals surface area contributed by atoms with Crippen LogP contribution in [0.4, 0.5) is 13.2 Å². The summed E-state index contributed by atoms with van der Waals surface area (Å²) in [6.45, 7) is 0. The predicted octanol–water partition coefficient (Wildman–Crippen LogP) is 2.85. The molecule has 21 heavy (non-hydrogen) atoms. The molecule has 2 bridgehead atoms. The van der Waals surface area contributed by atoms with Crippen molar-refractivity contribution in [2.24, 2.45) is 7.05 Å². The molecule has 4 rings (SSSR count). The average Bonchev–Trinajstić information content (AvgIpc) is 2.98. The van der Waals surface area contributed by atoms with Gasteiger partial charge in [-0.25, -0.2) is 13.2 Å². The van der Waals surface area contributed by atoms with Crippen molar-refractivity contribution in [2.75, 3.05) is 0 Å². The molecule has 0 saturated carbocycles. The number of aromatic nitrogens is 2. The van der Waals surface area contributed by atoms with Gasteiger partial charge in [0.25, 0.3) is 0 Å². The van der Waals surface area contributed by atoms with Gasteiger partial charge in [-0.2, -0.15) is 5.10 Å². The lowest BCUT2D eigenvalue weighted by Crippen LogP contribution is -2.31. The molecule has 2 aliphatic rings. The van der Waals surface area contributed by atoms with Gasteiger partial charge in [-0.05, 0) is 31.4 Å². The molecule has 1 fully saturated rings. The monoisotopic (exact) mass is 293 g/mol. The van der Waals surface area contributed by atoms with Crippen molar-refractivity contribution < 1.29 is 13.2 Å². The Labute approximate surface area is 119 Å². The zero-order valence-corrected chi connectivity index (χ0v) is 11.5. The van der Waals surface area contributed by atoms with Gasteiger partial charge < -0.3 is 5.32 Å². The fourth-order valence-electron chi connectivity index (χ4n) is 3.57. The van der Waals surface area contributed by atoms with Crippen molar-refractivity contribution in [3.63, 3.8) is 0 Å². The molecule has 0 unspecified atom stereocenters. The van der Waals surface area contributed by atoms with Crippen LogP contribution in [0.2, 0.25) is 0 Å². The van der Waals surface area contributed by atoms with Crippen LogP contribution in [0.3, 0.4) is 0 Å². The highest BCUT2D eigenvalue weighted by atomic mass is 19.2. The van der Waals surface area contributed by atoms with Crippen molar-refractivity contribution in [1.82, 2.24) is 15.1 Å². The van der Waals surface area contributed by atoms with Gasteiger partial charge in [-0.3, -0.25) is 4.68 Å². The number of fused-ring (bicyclic) bond motifs is 4. The maximum atomic E-state index is 13.5. The van der Waals surface area contributed by atoms with E-state index in [1.165, 1.54) is 0 Å². The van der Waals surface area contributed by atoms with E-state index in [-0.39, 0.29) is 6.04 Å². The fraction of sp³-hybridized carbons (Fsp3) is 0.400. The van der Waals surface area contributed by atoms with E-state index in [2.05, 4.69) is 10.4 Å². The maximum absolute atomic E-state index is 13.5. The molecule has 1 saturated heterocycles. The molecule has 2 aliphatic heterocycles. The smallest absolute Gasteiger partial charge is 0.194 e. The molecule has 6 heteroatoms. The van der Waals surface area contributed by atoms with E-state index in [4.69, 9.17) is 0 Å². The van der Waals surface area contributed by atoms with Gasteiger partial charge >= 0.3 is 0 Å². The van der Waals surface area contributed by atoms with Gasteiger partial charge in [-0.1, -0.05) is 0 Å². The summed E-state index contributed by atoms with van der Waals surface area (Å²) in [5.74, 6) is -3.77. The first kappa shape index (κ1) is 12.9. The second-order valence-electron chi connectivity index (χ2n) is 5.79. The molecule has 0 aliphatic carbocycles. The standard InChI is InChI=1S/C15H14F3N3/c1-21-15(7-4-10(16)13(18)11(17)5-7)9-6-8-2-3-12(19-8)14(9)20-21/h4-5,8,12,19H,2-3,6H2,1H3/t8-,12+/m1/s1. The normalized spacial score (nSPS) is 23.4. The lowest BCUT2D eigenvalue weighted by Gasteiger charge is -2.21. The molecular formula is C15H14F3N3. The lowest BCUT2D eigenvalue weighted by molar-refractivity contribution is 0.447. The Morgan fingerprint density at radius 2 is 1.90 bits per heavy atom. The summed E-state index contributed by atoms with van der Waals surface area (Å²) < 4.78 is 41.8. The van der Waals surface area contributed by atoms with Crippen molar-refractivity contribution in [3.8, 4) is 11.3 Å². The lowest BCUT2D eigenvalue weighted by atomic mass is 9.96. The number of hydrogen-bond acceptors (Lipinski definition) is 2. The highest BCUT2D eigenvalue weighted by molar-refractivity contribution is 5.66. The fourth-order valence-corrected chi connectivity index (χ4v) is 3.57. The van der Waals surface area contributed by atoms with Crippen molar-refractivity contribution in [1.29, 1.82) is 0 Å². The summed E-state index contributed by atoms with van der Waals surface area (Å²) in [6.07, 6.45) is 2.90. The molecule has 0 amide bonds. The summed E-state index contributed by atoms with van der Waals surface area (Å²) >= 11 is 0. The van der Waals surface area contributed by atoms with Gasteiger partial charge in [0.05, 0.1) is 17.4 Å². The SMILES string of the molecule is Cn1nc2c(c1-c1cc(F)c(F)c(F)c1)C[C@H]1CC[C@@H]2N1. The minimum absolute atomic E-state index is 0.217. The number of halogens is 3. The van der Waals surface area contributed by atoms with E-state index in [0.717, 1.165) is 42.7 Å². The maximum Gasteiger partial charge on any atom is 0.194 e. The van der Waals surface area contributed by atoms with E-state index in [9.17, 15) is 13.2 Å². The number of benzene rings is 1. The van der Waals surface area contributed by atoms with Crippen molar-refractivity contribution >= 4 is 0 Å². The minimum atomic E-state index is -1.43. The minimum Gasteiger partial charge on any atom is -0.305 e.